The van der Waals surface area contributed by atoms with Gasteiger partial charge in [0.2, 0.25) is 5.91 Å². The molecule has 0 spiro atoms. The van der Waals surface area contributed by atoms with Crippen LogP contribution >= 0.6 is 35.0 Å². The van der Waals surface area contributed by atoms with Crippen molar-refractivity contribution < 1.29 is 9.53 Å². The van der Waals surface area contributed by atoms with E-state index in [-0.39, 0.29) is 18.3 Å². The van der Waals surface area contributed by atoms with Crippen molar-refractivity contribution in [1.29, 1.82) is 0 Å². The summed E-state index contributed by atoms with van der Waals surface area (Å²) in [6, 6.07) is 10.9. The van der Waals surface area contributed by atoms with Crippen molar-refractivity contribution in [2.75, 3.05) is 11.1 Å². The number of thioether (sulfide) groups is 1. The molecule has 158 valence electrons. The Morgan fingerprint density at radius 3 is 2.70 bits per heavy atom. The van der Waals surface area contributed by atoms with Crippen molar-refractivity contribution in [3.63, 3.8) is 0 Å². The largest absolute Gasteiger partial charge is 0.486 e. The summed E-state index contributed by atoms with van der Waals surface area (Å²) in [4.78, 5) is 12.4. The summed E-state index contributed by atoms with van der Waals surface area (Å²) in [5.41, 5.74) is 2.49. The highest BCUT2D eigenvalue weighted by Gasteiger charge is 2.14. The fraction of sp³-hybridized carbons (Fsp3) is 0.286. The maximum absolute atomic E-state index is 12.4. The van der Waals surface area contributed by atoms with Gasteiger partial charge in [-0.25, -0.2) is 0 Å². The molecule has 0 saturated heterocycles. The first-order chi connectivity index (χ1) is 14.4. The highest BCUT2D eigenvalue weighted by Crippen LogP contribution is 2.25. The Balaban J connectivity index is 1.60. The van der Waals surface area contributed by atoms with Crippen molar-refractivity contribution in [1.82, 2.24) is 14.8 Å². The number of nitrogens with one attached hydrogen (secondary N) is 1. The van der Waals surface area contributed by atoms with E-state index in [2.05, 4.69) is 15.5 Å². The van der Waals surface area contributed by atoms with Gasteiger partial charge in [-0.1, -0.05) is 41.0 Å². The molecule has 3 rings (SSSR count). The van der Waals surface area contributed by atoms with Crippen molar-refractivity contribution in [2.24, 2.45) is 0 Å². The zero-order chi connectivity index (χ0) is 21.7. The van der Waals surface area contributed by atoms with Crippen LogP contribution in [0.5, 0.6) is 5.75 Å². The zero-order valence-electron chi connectivity index (χ0n) is 16.9. The molecular formula is C21H22Cl2N4O2S. The summed E-state index contributed by atoms with van der Waals surface area (Å²) in [6.45, 7) is 6.74. The van der Waals surface area contributed by atoms with E-state index in [1.54, 1.807) is 18.2 Å². The lowest BCUT2D eigenvalue weighted by Gasteiger charge is -2.11. The lowest BCUT2D eigenvalue weighted by atomic mass is 10.2. The molecular weight excluding hydrogens is 443 g/mol. The van der Waals surface area contributed by atoms with Gasteiger partial charge in [0.1, 0.15) is 12.4 Å². The Bertz CT molecular complexity index is 1060. The number of halogens is 2. The number of anilines is 1. The summed E-state index contributed by atoms with van der Waals surface area (Å²) in [5.74, 6) is 1.48. The van der Waals surface area contributed by atoms with Crippen molar-refractivity contribution >= 4 is 46.6 Å². The number of hydrogen-bond donors (Lipinski definition) is 1. The first-order valence-corrected chi connectivity index (χ1v) is 11.1. The molecule has 0 fully saturated rings. The Hall–Kier alpha value is -2.22. The maximum atomic E-state index is 12.4. The second-order valence-electron chi connectivity index (χ2n) is 6.59. The molecule has 1 heterocycles. The summed E-state index contributed by atoms with van der Waals surface area (Å²) in [6.07, 6.45) is 0. The average molecular weight is 465 g/mol. The molecule has 0 aliphatic rings. The van der Waals surface area contributed by atoms with Gasteiger partial charge in [0, 0.05) is 22.3 Å². The minimum absolute atomic E-state index is 0.134. The number of benzene rings is 2. The molecule has 0 radical (unpaired) electrons. The van der Waals surface area contributed by atoms with Gasteiger partial charge in [-0.3, -0.25) is 4.79 Å². The highest BCUT2D eigenvalue weighted by atomic mass is 35.5. The number of amides is 1. The highest BCUT2D eigenvalue weighted by molar-refractivity contribution is 7.99. The van der Waals surface area contributed by atoms with Gasteiger partial charge in [-0.15, -0.1) is 10.2 Å². The number of ether oxygens (including phenoxy) is 1. The van der Waals surface area contributed by atoms with Gasteiger partial charge in [0.05, 0.1) is 5.75 Å². The molecule has 0 saturated carbocycles. The number of aromatic nitrogens is 3. The van der Waals surface area contributed by atoms with Crippen LogP contribution in [0.2, 0.25) is 10.0 Å². The van der Waals surface area contributed by atoms with Crippen LogP contribution in [0.3, 0.4) is 0 Å². The normalized spacial score (nSPS) is 10.8. The molecule has 0 aliphatic heterocycles. The Kier molecular flexibility index (Phi) is 7.64. The fourth-order valence-corrected chi connectivity index (χ4v) is 3.88. The molecule has 1 amide bonds. The SMILES string of the molecule is CCn1c(COc2ccc(Cl)c(C)c2)nnc1SCC(=O)Nc1cccc(Cl)c1C. The van der Waals surface area contributed by atoms with Gasteiger partial charge < -0.3 is 14.6 Å². The van der Waals surface area contributed by atoms with Gasteiger partial charge in [0.15, 0.2) is 11.0 Å². The quantitative estimate of drug-likeness (QED) is 0.443. The summed E-state index contributed by atoms with van der Waals surface area (Å²) >= 11 is 13.5. The van der Waals surface area contributed by atoms with Crippen LogP contribution < -0.4 is 10.1 Å². The summed E-state index contributed by atoms with van der Waals surface area (Å²) in [5, 5.41) is 13.3. The lowest BCUT2D eigenvalue weighted by Crippen LogP contribution is -2.15. The molecule has 1 aromatic heterocycles. The molecule has 30 heavy (non-hydrogen) atoms. The van der Waals surface area contributed by atoms with E-state index in [1.165, 1.54) is 11.8 Å². The number of hydrogen-bond acceptors (Lipinski definition) is 5. The second kappa shape index (κ2) is 10.2. The van der Waals surface area contributed by atoms with E-state index in [1.807, 2.05) is 43.5 Å². The van der Waals surface area contributed by atoms with Crippen LogP contribution in [0.15, 0.2) is 41.6 Å². The van der Waals surface area contributed by atoms with Crippen molar-refractivity contribution in [2.45, 2.75) is 39.1 Å². The predicted octanol–water partition coefficient (Wildman–Crippen LogP) is 5.53. The van der Waals surface area contributed by atoms with E-state index in [9.17, 15) is 4.79 Å². The number of carbonyl (C=O) groups is 1. The summed E-state index contributed by atoms with van der Waals surface area (Å²) in [7, 11) is 0. The first-order valence-electron chi connectivity index (χ1n) is 9.37. The molecule has 2 aromatic carbocycles. The van der Waals surface area contributed by atoms with Crippen LogP contribution in [0.4, 0.5) is 5.69 Å². The maximum Gasteiger partial charge on any atom is 0.234 e. The topological polar surface area (TPSA) is 69.0 Å². The number of aryl methyl sites for hydroxylation is 1. The molecule has 3 aromatic rings. The number of rotatable bonds is 8. The van der Waals surface area contributed by atoms with Crippen LogP contribution in [0, 0.1) is 13.8 Å². The van der Waals surface area contributed by atoms with E-state index < -0.39 is 0 Å². The molecule has 6 nitrogen and oxygen atoms in total. The van der Waals surface area contributed by atoms with Crippen LogP contribution in [0.1, 0.15) is 23.9 Å². The van der Waals surface area contributed by atoms with Gasteiger partial charge >= 0.3 is 0 Å². The third kappa shape index (κ3) is 5.47. The van der Waals surface area contributed by atoms with E-state index in [0.29, 0.717) is 39.0 Å². The third-order valence-electron chi connectivity index (χ3n) is 4.48. The minimum atomic E-state index is -0.134. The first kappa shape index (κ1) is 22.5. The van der Waals surface area contributed by atoms with E-state index in [4.69, 9.17) is 27.9 Å². The molecule has 0 bridgehead atoms. The van der Waals surface area contributed by atoms with Crippen molar-refractivity contribution in [3.05, 3.63) is 63.4 Å². The van der Waals surface area contributed by atoms with Crippen LogP contribution in [-0.4, -0.2) is 26.4 Å². The number of nitrogens with zero attached hydrogens (tertiary/aromatic N) is 3. The predicted molar refractivity (Wildman–Crippen MR) is 122 cm³/mol. The van der Waals surface area contributed by atoms with E-state index >= 15 is 0 Å². The second-order valence-corrected chi connectivity index (χ2v) is 8.35. The van der Waals surface area contributed by atoms with Crippen LogP contribution in [0.25, 0.3) is 0 Å². The molecule has 0 atom stereocenters. The Morgan fingerprint density at radius 1 is 1.17 bits per heavy atom. The Morgan fingerprint density at radius 2 is 1.97 bits per heavy atom. The molecule has 1 N–H and O–H groups in total. The van der Waals surface area contributed by atoms with E-state index in [0.717, 1.165) is 11.1 Å². The average Bonchev–Trinajstić information content (AvgIpc) is 3.12. The summed E-state index contributed by atoms with van der Waals surface area (Å²) < 4.78 is 7.77. The van der Waals surface area contributed by atoms with Gasteiger partial charge in [-0.2, -0.15) is 0 Å². The monoisotopic (exact) mass is 464 g/mol. The van der Waals surface area contributed by atoms with Gasteiger partial charge in [0.25, 0.3) is 0 Å². The molecule has 0 aliphatic carbocycles. The standard InChI is InChI=1S/C21H22Cl2N4O2S/c1-4-27-19(11-29-15-8-9-16(22)13(2)10-15)25-26-21(27)30-12-20(28)24-18-7-5-6-17(23)14(18)3/h5-10H,4,11-12H2,1-3H3,(H,24,28). The molecule has 0 unspecified atom stereocenters. The number of carbonyl (C=O) groups excluding carboxylic acids is 1. The lowest BCUT2D eigenvalue weighted by molar-refractivity contribution is -0.113. The Labute approximate surface area is 189 Å². The minimum Gasteiger partial charge on any atom is -0.486 e. The fourth-order valence-electron chi connectivity index (χ4n) is 2.76. The zero-order valence-corrected chi connectivity index (χ0v) is 19.2. The van der Waals surface area contributed by atoms with Crippen LogP contribution in [-0.2, 0) is 17.9 Å². The molecule has 9 heteroatoms. The van der Waals surface area contributed by atoms with Gasteiger partial charge in [-0.05, 0) is 62.2 Å². The van der Waals surface area contributed by atoms with Crippen molar-refractivity contribution in [3.8, 4) is 5.75 Å². The smallest absolute Gasteiger partial charge is 0.234 e. The third-order valence-corrected chi connectivity index (χ3v) is 6.28.